The Kier molecular flexibility index (Phi) is 4.96. The topological polar surface area (TPSA) is 73.0 Å². The number of aromatic nitrogens is 3. The molecule has 0 amide bonds. The van der Waals surface area contributed by atoms with Crippen molar-refractivity contribution in [2.45, 2.75) is 26.3 Å². The summed E-state index contributed by atoms with van der Waals surface area (Å²) in [4.78, 5) is 16.7. The van der Waals surface area contributed by atoms with Crippen LogP contribution in [0.1, 0.15) is 30.1 Å². The summed E-state index contributed by atoms with van der Waals surface area (Å²) in [5, 5.41) is 8.08. The van der Waals surface area contributed by atoms with Gasteiger partial charge in [-0.2, -0.15) is 9.67 Å². The van der Waals surface area contributed by atoms with Gasteiger partial charge in [0.1, 0.15) is 0 Å². The van der Waals surface area contributed by atoms with Crippen molar-refractivity contribution in [3.05, 3.63) is 53.2 Å². The first-order chi connectivity index (χ1) is 11.7. The van der Waals surface area contributed by atoms with E-state index in [-0.39, 0.29) is 5.91 Å². The minimum Gasteiger partial charge on any atom is -0.461 e. The lowest BCUT2D eigenvalue weighted by Crippen LogP contribution is -2.16. The van der Waals surface area contributed by atoms with Crippen LogP contribution in [0.15, 0.2) is 47.1 Å². The largest absolute Gasteiger partial charge is 0.461 e. The van der Waals surface area contributed by atoms with E-state index in [4.69, 9.17) is 16.0 Å². The van der Waals surface area contributed by atoms with Gasteiger partial charge in [-0.05, 0) is 36.2 Å². The van der Waals surface area contributed by atoms with Crippen molar-refractivity contribution in [2.75, 3.05) is 5.32 Å². The average Bonchev–Trinajstić information content (AvgIpc) is 3.22. The molecule has 3 aromatic rings. The highest BCUT2D eigenvalue weighted by atomic mass is 35.5. The highest BCUT2D eigenvalue weighted by Crippen LogP contribution is 2.19. The first-order valence-corrected chi connectivity index (χ1v) is 8.07. The summed E-state index contributed by atoms with van der Waals surface area (Å²) < 4.78 is 6.61. The van der Waals surface area contributed by atoms with Gasteiger partial charge in [-0.1, -0.05) is 30.7 Å². The van der Waals surface area contributed by atoms with Crippen LogP contribution in [0.2, 0.25) is 5.02 Å². The van der Waals surface area contributed by atoms with Crippen LogP contribution in [0, 0.1) is 0 Å². The van der Waals surface area contributed by atoms with E-state index in [1.165, 1.54) is 4.68 Å². The zero-order valence-electron chi connectivity index (χ0n) is 13.2. The molecule has 0 aliphatic carbocycles. The standard InChI is InChI=1S/C17H17ClN4O2/c1-2-5-15(23)22-17(19-11-12-6-3-7-13(18)10-12)20-16(21-22)14-8-4-9-24-14/h3-4,6-10H,2,5,11H2,1H3,(H,19,20,21). The maximum absolute atomic E-state index is 12.3. The predicted octanol–water partition coefficient (Wildman–Crippen LogP) is 4.24. The minimum absolute atomic E-state index is 0.114. The third-order valence-corrected chi connectivity index (χ3v) is 3.62. The van der Waals surface area contributed by atoms with E-state index in [2.05, 4.69) is 15.4 Å². The highest BCUT2D eigenvalue weighted by Gasteiger charge is 2.17. The van der Waals surface area contributed by atoms with Gasteiger partial charge in [-0.25, -0.2) is 0 Å². The average molecular weight is 345 g/mol. The summed E-state index contributed by atoms with van der Waals surface area (Å²) in [5.74, 6) is 1.16. The lowest BCUT2D eigenvalue weighted by atomic mass is 10.2. The van der Waals surface area contributed by atoms with Crippen LogP contribution in [0.5, 0.6) is 0 Å². The second-order valence-corrected chi connectivity index (χ2v) is 5.71. The number of nitrogens with zero attached hydrogens (tertiary/aromatic N) is 3. The van der Waals surface area contributed by atoms with E-state index in [1.807, 2.05) is 31.2 Å². The Morgan fingerprint density at radius 2 is 2.21 bits per heavy atom. The van der Waals surface area contributed by atoms with Crippen molar-refractivity contribution in [2.24, 2.45) is 0 Å². The van der Waals surface area contributed by atoms with E-state index in [1.54, 1.807) is 18.4 Å². The molecule has 1 aromatic carbocycles. The van der Waals surface area contributed by atoms with Crippen LogP contribution in [0.3, 0.4) is 0 Å². The summed E-state index contributed by atoms with van der Waals surface area (Å²) in [6.45, 7) is 2.43. The molecule has 0 radical (unpaired) electrons. The third kappa shape index (κ3) is 3.65. The SMILES string of the molecule is CCCC(=O)n1nc(-c2ccco2)nc1NCc1cccc(Cl)c1. The van der Waals surface area contributed by atoms with Crippen molar-refractivity contribution in [3.63, 3.8) is 0 Å². The quantitative estimate of drug-likeness (QED) is 0.723. The Labute approximate surface area is 144 Å². The molecule has 6 nitrogen and oxygen atoms in total. The molecule has 124 valence electrons. The molecular weight excluding hydrogens is 328 g/mol. The molecule has 0 saturated carbocycles. The molecule has 0 aliphatic heterocycles. The number of hydrogen-bond acceptors (Lipinski definition) is 5. The Bertz CT molecular complexity index is 827. The molecule has 2 heterocycles. The molecule has 0 spiro atoms. The molecule has 24 heavy (non-hydrogen) atoms. The lowest BCUT2D eigenvalue weighted by Gasteiger charge is -2.07. The number of anilines is 1. The van der Waals surface area contributed by atoms with Crippen molar-refractivity contribution in [1.29, 1.82) is 0 Å². The van der Waals surface area contributed by atoms with E-state index < -0.39 is 0 Å². The van der Waals surface area contributed by atoms with Crippen molar-refractivity contribution in [3.8, 4) is 11.6 Å². The Balaban J connectivity index is 1.85. The number of halogens is 1. The fraction of sp³-hybridized carbons (Fsp3) is 0.235. The Morgan fingerprint density at radius 1 is 1.33 bits per heavy atom. The van der Waals surface area contributed by atoms with Gasteiger partial charge in [-0.15, -0.1) is 5.10 Å². The van der Waals surface area contributed by atoms with E-state index >= 15 is 0 Å². The summed E-state index contributed by atoms with van der Waals surface area (Å²) >= 11 is 5.99. The Hall–Kier alpha value is -2.60. The van der Waals surface area contributed by atoms with Gasteiger partial charge in [0.05, 0.1) is 6.26 Å². The fourth-order valence-electron chi connectivity index (χ4n) is 2.26. The van der Waals surface area contributed by atoms with Gasteiger partial charge in [0.15, 0.2) is 5.76 Å². The molecule has 1 N–H and O–H groups in total. The molecule has 3 rings (SSSR count). The lowest BCUT2D eigenvalue weighted by molar-refractivity contribution is 0.0888. The number of carbonyl (C=O) groups is 1. The summed E-state index contributed by atoms with van der Waals surface area (Å²) in [6, 6.07) is 11.0. The van der Waals surface area contributed by atoms with Crippen LogP contribution in [0.25, 0.3) is 11.6 Å². The number of hydrogen-bond donors (Lipinski definition) is 1. The number of nitrogens with one attached hydrogen (secondary N) is 1. The first kappa shape index (κ1) is 16.3. The minimum atomic E-state index is -0.114. The molecule has 0 atom stereocenters. The van der Waals surface area contributed by atoms with Gasteiger partial charge in [0.2, 0.25) is 17.7 Å². The smallest absolute Gasteiger partial charge is 0.250 e. The number of carbonyl (C=O) groups excluding carboxylic acids is 1. The molecule has 0 unspecified atom stereocenters. The van der Waals surface area contributed by atoms with Crippen molar-refractivity contribution in [1.82, 2.24) is 14.8 Å². The zero-order valence-corrected chi connectivity index (χ0v) is 14.0. The van der Waals surface area contributed by atoms with Crippen molar-refractivity contribution >= 4 is 23.5 Å². The zero-order chi connectivity index (χ0) is 16.9. The van der Waals surface area contributed by atoms with Crippen LogP contribution in [-0.4, -0.2) is 20.7 Å². The monoisotopic (exact) mass is 344 g/mol. The van der Waals surface area contributed by atoms with E-state index in [0.717, 1.165) is 12.0 Å². The number of benzene rings is 1. The second-order valence-electron chi connectivity index (χ2n) is 5.28. The van der Waals surface area contributed by atoms with Crippen molar-refractivity contribution < 1.29 is 9.21 Å². The fourth-order valence-corrected chi connectivity index (χ4v) is 2.47. The maximum Gasteiger partial charge on any atom is 0.250 e. The summed E-state index contributed by atoms with van der Waals surface area (Å²) in [7, 11) is 0. The van der Waals surface area contributed by atoms with Gasteiger partial charge in [-0.3, -0.25) is 4.79 Å². The van der Waals surface area contributed by atoms with E-state index in [9.17, 15) is 4.79 Å². The van der Waals surface area contributed by atoms with Gasteiger partial charge < -0.3 is 9.73 Å². The molecule has 7 heteroatoms. The molecule has 0 aliphatic rings. The Morgan fingerprint density at radius 3 is 2.92 bits per heavy atom. The van der Waals surface area contributed by atoms with Crippen LogP contribution in [0.4, 0.5) is 5.95 Å². The molecule has 2 aromatic heterocycles. The van der Waals surface area contributed by atoms with Crippen LogP contribution < -0.4 is 5.32 Å². The van der Waals surface area contributed by atoms with E-state index in [0.29, 0.717) is 35.5 Å². The number of furan rings is 1. The van der Waals surface area contributed by atoms with Gasteiger partial charge in [0, 0.05) is 18.0 Å². The summed E-state index contributed by atoms with van der Waals surface area (Å²) in [6.07, 6.45) is 2.68. The first-order valence-electron chi connectivity index (χ1n) is 7.70. The summed E-state index contributed by atoms with van der Waals surface area (Å²) in [5.41, 5.74) is 0.986. The second kappa shape index (κ2) is 7.31. The predicted molar refractivity (Wildman–Crippen MR) is 92.0 cm³/mol. The molecular formula is C17H17ClN4O2. The van der Waals surface area contributed by atoms with Gasteiger partial charge in [0.25, 0.3) is 0 Å². The molecule has 0 saturated heterocycles. The normalized spacial score (nSPS) is 10.8. The van der Waals surface area contributed by atoms with Gasteiger partial charge >= 0.3 is 0 Å². The van der Waals surface area contributed by atoms with Crippen LogP contribution in [-0.2, 0) is 6.54 Å². The maximum atomic E-state index is 12.3. The van der Waals surface area contributed by atoms with Crippen LogP contribution >= 0.6 is 11.6 Å². The third-order valence-electron chi connectivity index (χ3n) is 3.39. The number of rotatable bonds is 6. The molecule has 0 fully saturated rings. The highest BCUT2D eigenvalue weighted by molar-refractivity contribution is 6.30. The molecule has 0 bridgehead atoms.